The second-order valence-corrected chi connectivity index (χ2v) is 10.7. The number of piperidine rings is 1. The Balaban J connectivity index is 1.55. The first-order valence-electron chi connectivity index (χ1n) is 12.7. The lowest BCUT2D eigenvalue weighted by Crippen LogP contribution is -2.50. The smallest absolute Gasteiger partial charge is 0.404 e. The SMILES string of the molecule is C[C@@H]1C[C@H](NC(=O)O)CN(c2ccncc2NCc2ccc(F)c(-c3c(F)cc(CC(C)(C)O)cc3F)n2)C1. The van der Waals surface area contributed by atoms with Gasteiger partial charge in [-0.25, -0.2) is 22.9 Å². The summed E-state index contributed by atoms with van der Waals surface area (Å²) in [6, 6.07) is 6.29. The Morgan fingerprint density at radius 2 is 1.85 bits per heavy atom. The average molecular weight is 544 g/mol. The molecule has 1 aromatic carbocycles. The van der Waals surface area contributed by atoms with Crippen LogP contribution in [0.25, 0.3) is 11.3 Å². The molecule has 1 aliphatic heterocycles. The van der Waals surface area contributed by atoms with Gasteiger partial charge in [0.25, 0.3) is 0 Å². The first kappa shape index (κ1) is 28.2. The second-order valence-electron chi connectivity index (χ2n) is 10.7. The van der Waals surface area contributed by atoms with Crippen LogP contribution in [0.15, 0.2) is 42.7 Å². The zero-order valence-electron chi connectivity index (χ0n) is 22.0. The molecular formula is C28H32F3N5O3. The summed E-state index contributed by atoms with van der Waals surface area (Å²) in [5, 5.41) is 24.9. The number of pyridine rings is 2. The van der Waals surface area contributed by atoms with E-state index in [2.05, 4.69) is 32.4 Å². The fourth-order valence-corrected chi connectivity index (χ4v) is 5.02. The highest BCUT2D eigenvalue weighted by Gasteiger charge is 2.27. The molecule has 8 nitrogen and oxygen atoms in total. The van der Waals surface area contributed by atoms with Crippen LogP contribution in [0.5, 0.6) is 0 Å². The summed E-state index contributed by atoms with van der Waals surface area (Å²) in [5.41, 5.74) is -0.125. The molecule has 4 rings (SSSR count). The van der Waals surface area contributed by atoms with Gasteiger partial charge >= 0.3 is 6.09 Å². The molecular weight excluding hydrogens is 511 g/mol. The highest BCUT2D eigenvalue weighted by Crippen LogP contribution is 2.31. The van der Waals surface area contributed by atoms with Crippen LogP contribution >= 0.6 is 0 Å². The van der Waals surface area contributed by atoms with E-state index in [1.54, 1.807) is 12.4 Å². The Bertz CT molecular complexity index is 1330. The van der Waals surface area contributed by atoms with Crippen LogP contribution in [0.3, 0.4) is 0 Å². The van der Waals surface area contributed by atoms with Crippen molar-refractivity contribution in [2.45, 2.75) is 51.8 Å². The minimum Gasteiger partial charge on any atom is -0.465 e. The molecule has 0 saturated carbocycles. The van der Waals surface area contributed by atoms with Crippen LogP contribution in [-0.2, 0) is 13.0 Å². The number of carboxylic acid groups (broad SMARTS) is 1. The van der Waals surface area contributed by atoms with Crippen molar-refractivity contribution >= 4 is 17.5 Å². The molecule has 1 aliphatic rings. The minimum absolute atomic E-state index is 0.0251. The van der Waals surface area contributed by atoms with Gasteiger partial charge in [-0.05, 0) is 62.1 Å². The quantitative estimate of drug-likeness (QED) is 0.318. The first-order chi connectivity index (χ1) is 18.4. The summed E-state index contributed by atoms with van der Waals surface area (Å²) in [4.78, 5) is 21.6. The number of aromatic nitrogens is 2. The second kappa shape index (κ2) is 11.5. The Morgan fingerprint density at radius 3 is 2.51 bits per heavy atom. The Kier molecular flexibility index (Phi) is 8.29. The molecule has 0 spiro atoms. The summed E-state index contributed by atoms with van der Waals surface area (Å²) >= 11 is 0. The molecule has 1 amide bonds. The van der Waals surface area contributed by atoms with E-state index in [-0.39, 0.29) is 30.5 Å². The predicted octanol–water partition coefficient (Wildman–Crippen LogP) is 4.97. The molecule has 1 saturated heterocycles. The molecule has 4 N–H and O–H groups in total. The van der Waals surface area contributed by atoms with Gasteiger partial charge in [-0.15, -0.1) is 0 Å². The molecule has 39 heavy (non-hydrogen) atoms. The molecule has 2 aromatic heterocycles. The van der Waals surface area contributed by atoms with Crippen LogP contribution < -0.4 is 15.5 Å². The lowest BCUT2D eigenvalue weighted by atomic mass is 9.95. The molecule has 208 valence electrons. The van der Waals surface area contributed by atoms with Crippen molar-refractivity contribution in [2.24, 2.45) is 5.92 Å². The van der Waals surface area contributed by atoms with Crippen molar-refractivity contribution in [3.63, 3.8) is 0 Å². The number of hydrogen-bond donors (Lipinski definition) is 4. The maximum atomic E-state index is 14.9. The van der Waals surface area contributed by atoms with Crippen molar-refractivity contribution in [1.29, 1.82) is 0 Å². The molecule has 11 heteroatoms. The fraction of sp³-hybridized carbons (Fsp3) is 0.393. The summed E-state index contributed by atoms with van der Waals surface area (Å²) < 4.78 is 44.6. The van der Waals surface area contributed by atoms with Gasteiger partial charge in [0.2, 0.25) is 0 Å². The van der Waals surface area contributed by atoms with Crippen LogP contribution in [0.1, 0.15) is 38.4 Å². The van der Waals surface area contributed by atoms with E-state index >= 15 is 0 Å². The third kappa shape index (κ3) is 7.17. The summed E-state index contributed by atoms with van der Waals surface area (Å²) in [6.07, 6.45) is 2.95. The molecule has 0 radical (unpaired) electrons. The third-order valence-electron chi connectivity index (χ3n) is 6.47. The van der Waals surface area contributed by atoms with Crippen molar-refractivity contribution in [1.82, 2.24) is 15.3 Å². The zero-order valence-corrected chi connectivity index (χ0v) is 22.0. The number of benzene rings is 1. The number of halogens is 3. The van der Waals surface area contributed by atoms with Crippen molar-refractivity contribution in [2.75, 3.05) is 23.3 Å². The van der Waals surface area contributed by atoms with E-state index < -0.39 is 40.4 Å². The van der Waals surface area contributed by atoms with Gasteiger partial charge < -0.3 is 25.7 Å². The normalized spacial score (nSPS) is 17.7. The van der Waals surface area contributed by atoms with Crippen LogP contribution in [0.2, 0.25) is 0 Å². The first-order valence-corrected chi connectivity index (χ1v) is 12.7. The van der Waals surface area contributed by atoms with Gasteiger partial charge in [0, 0.05) is 31.7 Å². The van der Waals surface area contributed by atoms with Crippen molar-refractivity contribution in [3.05, 3.63) is 71.4 Å². The maximum absolute atomic E-state index is 14.9. The Morgan fingerprint density at radius 1 is 1.13 bits per heavy atom. The topological polar surface area (TPSA) is 111 Å². The number of hydrogen-bond acceptors (Lipinski definition) is 6. The summed E-state index contributed by atoms with van der Waals surface area (Å²) in [5.74, 6) is -2.56. The number of nitrogens with zero attached hydrogens (tertiary/aromatic N) is 3. The van der Waals surface area contributed by atoms with E-state index in [1.165, 1.54) is 19.9 Å². The monoisotopic (exact) mass is 543 g/mol. The van der Waals surface area contributed by atoms with Crippen LogP contribution in [0, 0.1) is 23.4 Å². The van der Waals surface area contributed by atoms with Gasteiger partial charge in [0.1, 0.15) is 23.1 Å². The molecule has 3 aromatic rings. The molecule has 0 aliphatic carbocycles. The standard InChI is InChI=1S/C28H32F3N5O3/c1-16-8-19(35-27(37)38)15-36(14-16)24-6-7-32-13-23(24)33-12-18-4-5-20(29)26(34-18)25-21(30)9-17(10-22(25)31)11-28(2,3)39/h4-7,9-10,13,16,19,33,35,39H,8,11-12,14-15H2,1-3H3,(H,37,38)/t16-,19+/m1/s1. The maximum Gasteiger partial charge on any atom is 0.404 e. The number of rotatable bonds is 8. The van der Waals surface area contributed by atoms with Gasteiger partial charge in [0.15, 0.2) is 0 Å². The highest BCUT2D eigenvalue weighted by molar-refractivity contribution is 5.70. The summed E-state index contributed by atoms with van der Waals surface area (Å²) in [6.45, 7) is 6.43. The molecule has 1 fully saturated rings. The van der Waals surface area contributed by atoms with E-state index in [0.29, 0.717) is 17.9 Å². The third-order valence-corrected chi connectivity index (χ3v) is 6.47. The van der Waals surface area contributed by atoms with Crippen LogP contribution in [0.4, 0.5) is 29.3 Å². The Labute approximate surface area is 224 Å². The van der Waals surface area contributed by atoms with Gasteiger partial charge in [-0.1, -0.05) is 6.92 Å². The molecule has 0 unspecified atom stereocenters. The number of aliphatic hydroxyl groups is 1. The van der Waals surface area contributed by atoms with Gasteiger partial charge in [-0.3, -0.25) is 4.98 Å². The highest BCUT2D eigenvalue weighted by atomic mass is 19.1. The van der Waals surface area contributed by atoms with Crippen LogP contribution in [-0.4, -0.2) is 51.0 Å². The lowest BCUT2D eigenvalue weighted by Gasteiger charge is -2.38. The average Bonchev–Trinajstić information content (AvgIpc) is 2.82. The van der Waals surface area contributed by atoms with Crippen molar-refractivity contribution in [3.8, 4) is 11.3 Å². The molecule has 0 bridgehead atoms. The Hall–Kier alpha value is -3.86. The number of amides is 1. The fourth-order valence-electron chi connectivity index (χ4n) is 5.02. The summed E-state index contributed by atoms with van der Waals surface area (Å²) in [7, 11) is 0. The molecule has 3 heterocycles. The van der Waals surface area contributed by atoms with E-state index in [4.69, 9.17) is 5.11 Å². The van der Waals surface area contributed by atoms with E-state index in [9.17, 15) is 23.1 Å². The number of nitrogens with one attached hydrogen (secondary N) is 2. The lowest BCUT2D eigenvalue weighted by molar-refractivity contribution is 0.0808. The van der Waals surface area contributed by atoms with E-state index in [1.807, 2.05) is 6.07 Å². The van der Waals surface area contributed by atoms with Gasteiger partial charge in [0.05, 0.1) is 41.0 Å². The zero-order chi connectivity index (χ0) is 28.3. The van der Waals surface area contributed by atoms with E-state index in [0.717, 1.165) is 36.9 Å². The molecule has 2 atom stereocenters. The minimum atomic E-state index is -1.17. The number of anilines is 2. The predicted molar refractivity (Wildman–Crippen MR) is 142 cm³/mol. The van der Waals surface area contributed by atoms with Crippen molar-refractivity contribution < 1.29 is 28.2 Å². The number of carbonyl (C=O) groups is 1. The van der Waals surface area contributed by atoms with Gasteiger partial charge in [-0.2, -0.15) is 0 Å². The largest absolute Gasteiger partial charge is 0.465 e.